The summed E-state index contributed by atoms with van der Waals surface area (Å²) in [5.74, 6) is 0. The fraction of sp³-hybridized carbons (Fsp3) is 0.455. The van der Waals surface area contributed by atoms with E-state index in [9.17, 15) is 10.1 Å². The van der Waals surface area contributed by atoms with Gasteiger partial charge >= 0.3 is 0 Å². The van der Waals surface area contributed by atoms with E-state index in [0.29, 0.717) is 13.1 Å². The number of aliphatic hydroxyl groups is 1. The van der Waals surface area contributed by atoms with Crippen LogP contribution in [0.1, 0.15) is 6.92 Å². The number of rotatable bonds is 7. The molecule has 0 spiro atoms. The first-order valence-electron chi connectivity index (χ1n) is 5.46. The Hall–Kier alpha value is -1.66. The van der Waals surface area contributed by atoms with Crippen molar-refractivity contribution in [2.75, 3.05) is 25.0 Å². The standard InChI is InChI=1S/C11H17N3O3/c1-9(15)8-12-6-7-13-10-2-4-11(5-3-10)14(16)17/h2-5,9,12-13,15H,6-8H2,1H3. The molecule has 0 aliphatic carbocycles. The number of hydrogen-bond donors (Lipinski definition) is 3. The fourth-order valence-corrected chi connectivity index (χ4v) is 1.31. The molecule has 0 heterocycles. The first kappa shape index (κ1) is 13.4. The Morgan fingerprint density at radius 2 is 2.00 bits per heavy atom. The molecule has 94 valence electrons. The van der Waals surface area contributed by atoms with Crippen molar-refractivity contribution < 1.29 is 10.0 Å². The number of anilines is 1. The van der Waals surface area contributed by atoms with Gasteiger partial charge in [-0.15, -0.1) is 0 Å². The van der Waals surface area contributed by atoms with E-state index in [1.807, 2.05) is 0 Å². The lowest BCUT2D eigenvalue weighted by molar-refractivity contribution is -0.384. The third kappa shape index (κ3) is 5.28. The van der Waals surface area contributed by atoms with E-state index in [-0.39, 0.29) is 11.8 Å². The van der Waals surface area contributed by atoms with Gasteiger partial charge in [0, 0.05) is 37.5 Å². The highest BCUT2D eigenvalue weighted by Gasteiger charge is 2.03. The Labute approximate surface area is 99.8 Å². The third-order valence-electron chi connectivity index (χ3n) is 2.15. The molecule has 0 saturated heterocycles. The Balaban J connectivity index is 2.25. The highest BCUT2D eigenvalue weighted by atomic mass is 16.6. The largest absolute Gasteiger partial charge is 0.392 e. The minimum absolute atomic E-state index is 0.0859. The molecule has 0 radical (unpaired) electrons. The van der Waals surface area contributed by atoms with Crippen LogP contribution in [0, 0.1) is 10.1 Å². The van der Waals surface area contributed by atoms with Crippen LogP contribution in [0.4, 0.5) is 11.4 Å². The molecule has 1 unspecified atom stereocenters. The van der Waals surface area contributed by atoms with Crippen LogP contribution in [0.15, 0.2) is 24.3 Å². The van der Waals surface area contributed by atoms with Gasteiger partial charge in [0.1, 0.15) is 0 Å². The summed E-state index contributed by atoms with van der Waals surface area (Å²) in [6.07, 6.45) is -0.352. The van der Waals surface area contributed by atoms with Crippen LogP contribution in [0.5, 0.6) is 0 Å². The van der Waals surface area contributed by atoms with Gasteiger partial charge in [0.2, 0.25) is 0 Å². The van der Waals surface area contributed by atoms with Crippen LogP contribution in [0.2, 0.25) is 0 Å². The first-order valence-corrected chi connectivity index (χ1v) is 5.46. The lowest BCUT2D eigenvalue weighted by Gasteiger charge is -2.08. The van der Waals surface area contributed by atoms with Gasteiger partial charge in [-0.25, -0.2) is 0 Å². The van der Waals surface area contributed by atoms with Crippen molar-refractivity contribution in [2.45, 2.75) is 13.0 Å². The normalized spacial score (nSPS) is 12.1. The molecule has 6 nitrogen and oxygen atoms in total. The van der Waals surface area contributed by atoms with Crippen molar-refractivity contribution in [3.63, 3.8) is 0 Å². The molecule has 1 aromatic carbocycles. The summed E-state index contributed by atoms with van der Waals surface area (Å²) >= 11 is 0. The number of benzene rings is 1. The van der Waals surface area contributed by atoms with E-state index in [1.54, 1.807) is 19.1 Å². The number of nitrogens with zero attached hydrogens (tertiary/aromatic N) is 1. The topological polar surface area (TPSA) is 87.4 Å². The van der Waals surface area contributed by atoms with Crippen molar-refractivity contribution in [3.8, 4) is 0 Å². The van der Waals surface area contributed by atoms with Gasteiger partial charge in [-0.2, -0.15) is 0 Å². The second-order valence-corrected chi connectivity index (χ2v) is 3.78. The highest BCUT2D eigenvalue weighted by molar-refractivity contribution is 5.48. The van der Waals surface area contributed by atoms with E-state index >= 15 is 0 Å². The molecule has 17 heavy (non-hydrogen) atoms. The molecule has 1 aromatic rings. The smallest absolute Gasteiger partial charge is 0.269 e. The molecule has 0 aromatic heterocycles. The van der Waals surface area contributed by atoms with Crippen LogP contribution in [-0.4, -0.2) is 35.8 Å². The molecule has 6 heteroatoms. The van der Waals surface area contributed by atoms with E-state index in [1.165, 1.54) is 12.1 Å². The van der Waals surface area contributed by atoms with Gasteiger partial charge in [-0.3, -0.25) is 10.1 Å². The summed E-state index contributed by atoms with van der Waals surface area (Å²) in [6.45, 7) is 3.70. The molecule has 1 atom stereocenters. The molecular weight excluding hydrogens is 222 g/mol. The quantitative estimate of drug-likeness (QED) is 0.375. The minimum atomic E-state index is -0.423. The van der Waals surface area contributed by atoms with Crippen molar-refractivity contribution in [2.24, 2.45) is 0 Å². The lowest BCUT2D eigenvalue weighted by atomic mass is 10.3. The predicted octanol–water partition coefficient (Wildman–Crippen LogP) is 0.977. The maximum absolute atomic E-state index is 10.4. The van der Waals surface area contributed by atoms with Crippen molar-refractivity contribution in [1.82, 2.24) is 5.32 Å². The first-order chi connectivity index (χ1) is 8.09. The Kier molecular flexibility index (Phi) is 5.38. The second-order valence-electron chi connectivity index (χ2n) is 3.78. The molecule has 0 amide bonds. The fourth-order valence-electron chi connectivity index (χ4n) is 1.31. The second kappa shape index (κ2) is 6.82. The number of nitro groups is 1. The van der Waals surface area contributed by atoms with Crippen molar-refractivity contribution in [1.29, 1.82) is 0 Å². The van der Waals surface area contributed by atoms with Gasteiger partial charge in [0.25, 0.3) is 5.69 Å². The van der Waals surface area contributed by atoms with Crippen LogP contribution >= 0.6 is 0 Å². The van der Waals surface area contributed by atoms with Crippen LogP contribution in [0.3, 0.4) is 0 Å². The molecule has 0 bridgehead atoms. The van der Waals surface area contributed by atoms with Crippen molar-refractivity contribution >= 4 is 11.4 Å². The molecular formula is C11H17N3O3. The minimum Gasteiger partial charge on any atom is -0.392 e. The van der Waals surface area contributed by atoms with Gasteiger partial charge in [0.05, 0.1) is 11.0 Å². The van der Waals surface area contributed by atoms with Gasteiger partial charge < -0.3 is 15.7 Å². The zero-order valence-electron chi connectivity index (χ0n) is 9.72. The summed E-state index contributed by atoms with van der Waals surface area (Å²) in [7, 11) is 0. The number of aliphatic hydroxyl groups excluding tert-OH is 1. The zero-order valence-corrected chi connectivity index (χ0v) is 9.72. The van der Waals surface area contributed by atoms with E-state index in [2.05, 4.69) is 10.6 Å². The van der Waals surface area contributed by atoms with Crippen LogP contribution in [-0.2, 0) is 0 Å². The monoisotopic (exact) mass is 239 g/mol. The average Bonchev–Trinajstić information content (AvgIpc) is 2.29. The third-order valence-corrected chi connectivity index (χ3v) is 2.15. The van der Waals surface area contributed by atoms with E-state index < -0.39 is 4.92 Å². The molecule has 0 aliphatic rings. The predicted molar refractivity (Wildman–Crippen MR) is 66.1 cm³/mol. The number of non-ortho nitro benzene ring substituents is 1. The molecule has 1 rings (SSSR count). The molecule has 0 saturated carbocycles. The molecule has 0 fully saturated rings. The summed E-state index contributed by atoms with van der Waals surface area (Å²) in [5, 5.41) is 25.6. The summed E-state index contributed by atoms with van der Waals surface area (Å²) in [6, 6.07) is 6.27. The number of hydrogen-bond acceptors (Lipinski definition) is 5. The average molecular weight is 239 g/mol. The summed E-state index contributed by atoms with van der Waals surface area (Å²) in [5.41, 5.74) is 0.928. The Bertz CT molecular complexity index is 351. The summed E-state index contributed by atoms with van der Waals surface area (Å²) < 4.78 is 0. The maximum atomic E-state index is 10.4. The van der Waals surface area contributed by atoms with Gasteiger partial charge in [0.15, 0.2) is 0 Å². The number of nitrogens with one attached hydrogen (secondary N) is 2. The van der Waals surface area contributed by atoms with Gasteiger partial charge in [-0.1, -0.05) is 0 Å². The van der Waals surface area contributed by atoms with E-state index in [0.717, 1.165) is 12.2 Å². The zero-order chi connectivity index (χ0) is 12.7. The Morgan fingerprint density at radius 3 is 2.53 bits per heavy atom. The Morgan fingerprint density at radius 1 is 1.35 bits per heavy atom. The van der Waals surface area contributed by atoms with Crippen LogP contribution in [0.25, 0.3) is 0 Å². The summed E-state index contributed by atoms with van der Waals surface area (Å²) in [4.78, 5) is 10.0. The van der Waals surface area contributed by atoms with Gasteiger partial charge in [-0.05, 0) is 19.1 Å². The lowest BCUT2D eigenvalue weighted by Crippen LogP contribution is -2.28. The molecule has 3 N–H and O–H groups in total. The number of nitro benzene ring substituents is 1. The SMILES string of the molecule is CC(O)CNCCNc1ccc([N+](=O)[O-])cc1. The maximum Gasteiger partial charge on any atom is 0.269 e. The van der Waals surface area contributed by atoms with E-state index in [4.69, 9.17) is 5.11 Å². The highest BCUT2D eigenvalue weighted by Crippen LogP contribution is 2.14. The molecule has 0 aliphatic heterocycles. The van der Waals surface area contributed by atoms with Crippen LogP contribution < -0.4 is 10.6 Å². The van der Waals surface area contributed by atoms with Crippen molar-refractivity contribution in [3.05, 3.63) is 34.4 Å².